The number of aliphatic carboxylic acids is 1. The van der Waals surface area contributed by atoms with Crippen molar-refractivity contribution in [3.63, 3.8) is 0 Å². The Morgan fingerprint density at radius 3 is 2.17 bits per heavy atom. The van der Waals surface area contributed by atoms with E-state index in [1.54, 1.807) is 25.3 Å². The number of carbonyl (C=O) groups is 1. The predicted molar refractivity (Wildman–Crippen MR) is 94.4 cm³/mol. The van der Waals surface area contributed by atoms with Crippen molar-refractivity contribution in [2.24, 2.45) is 0 Å². The first kappa shape index (κ1) is 17.7. The molecule has 2 aromatic rings. The molecule has 24 heavy (non-hydrogen) atoms. The van der Waals surface area contributed by atoms with Crippen molar-refractivity contribution in [2.45, 2.75) is 12.3 Å². The number of hydrogen-bond acceptors (Lipinski definition) is 4. The highest BCUT2D eigenvalue weighted by Crippen LogP contribution is 2.32. The maximum Gasteiger partial charge on any atom is 0.311 e. The maximum absolute atomic E-state index is 11.8. The minimum absolute atomic E-state index is 0.415. The largest absolute Gasteiger partial charge is 0.493 e. The van der Waals surface area contributed by atoms with E-state index < -0.39 is 11.9 Å². The van der Waals surface area contributed by atoms with Crippen LogP contribution in [0.15, 0.2) is 42.5 Å². The van der Waals surface area contributed by atoms with Gasteiger partial charge in [-0.2, -0.15) is 0 Å². The quantitative estimate of drug-likeness (QED) is 0.845. The lowest BCUT2D eigenvalue weighted by molar-refractivity contribution is -0.138. The van der Waals surface area contributed by atoms with E-state index in [9.17, 15) is 9.90 Å². The zero-order chi connectivity index (χ0) is 17.7. The Kier molecular flexibility index (Phi) is 5.68. The second-order valence-electron chi connectivity index (χ2n) is 5.77. The topological polar surface area (TPSA) is 59.0 Å². The molecule has 1 unspecified atom stereocenters. The van der Waals surface area contributed by atoms with Crippen molar-refractivity contribution in [3.05, 3.63) is 53.6 Å². The Labute approximate surface area is 142 Å². The Morgan fingerprint density at radius 1 is 1.04 bits per heavy atom. The van der Waals surface area contributed by atoms with Gasteiger partial charge in [-0.1, -0.05) is 18.2 Å². The van der Waals surface area contributed by atoms with Gasteiger partial charge in [0.25, 0.3) is 0 Å². The van der Waals surface area contributed by atoms with Gasteiger partial charge in [-0.3, -0.25) is 4.79 Å². The van der Waals surface area contributed by atoms with Gasteiger partial charge >= 0.3 is 5.97 Å². The molecule has 0 fully saturated rings. The lowest BCUT2D eigenvalue weighted by atomic mass is 9.91. The molecule has 1 N–H and O–H groups in total. The van der Waals surface area contributed by atoms with Crippen molar-refractivity contribution in [1.82, 2.24) is 0 Å². The van der Waals surface area contributed by atoms with E-state index in [4.69, 9.17) is 9.47 Å². The molecular formula is C19H23NO4. The predicted octanol–water partition coefficient (Wildman–Crippen LogP) is 3.18. The summed E-state index contributed by atoms with van der Waals surface area (Å²) in [5, 5.41) is 9.64. The molecular weight excluding hydrogens is 306 g/mol. The van der Waals surface area contributed by atoms with Gasteiger partial charge in [-0.25, -0.2) is 0 Å². The van der Waals surface area contributed by atoms with Crippen molar-refractivity contribution in [2.75, 3.05) is 33.2 Å². The van der Waals surface area contributed by atoms with Crippen LogP contribution >= 0.6 is 0 Å². The average molecular weight is 329 g/mol. The van der Waals surface area contributed by atoms with Crippen LogP contribution < -0.4 is 14.4 Å². The van der Waals surface area contributed by atoms with Gasteiger partial charge in [0.05, 0.1) is 20.1 Å². The number of rotatable bonds is 7. The van der Waals surface area contributed by atoms with Crippen LogP contribution in [0, 0.1) is 0 Å². The standard InChI is InChI=1S/C19H23NO4/c1-20(2)15-8-5-13(6-9-15)11-16(19(21)22)14-7-10-17(23-3)18(12-14)24-4/h5-10,12,16H,11H2,1-4H3,(H,21,22). The zero-order valence-electron chi connectivity index (χ0n) is 14.4. The molecule has 0 amide bonds. The number of ether oxygens (including phenoxy) is 2. The first-order chi connectivity index (χ1) is 11.5. The molecule has 2 rings (SSSR count). The summed E-state index contributed by atoms with van der Waals surface area (Å²) in [5.41, 5.74) is 2.75. The molecule has 5 heteroatoms. The number of nitrogens with zero attached hydrogens (tertiary/aromatic N) is 1. The molecule has 0 aliphatic carbocycles. The van der Waals surface area contributed by atoms with Crippen LogP contribution in [0.1, 0.15) is 17.0 Å². The fourth-order valence-electron chi connectivity index (χ4n) is 2.58. The molecule has 0 saturated heterocycles. The highest BCUT2D eigenvalue weighted by molar-refractivity contribution is 5.77. The van der Waals surface area contributed by atoms with Crippen LogP contribution in [0.25, 0.3) is 0 Å². The van der Waals surface area contributed by atoms with Crippen molar-refractivity contribution < 1.29 is 19.4 Å². The summed E-state index contributed by atoms with van der Waals surface area (Å²) in [6.07, 6.45) is 0.415. The van der Waals surface area contributed by atoms with Crippen LogP contribution in [0.3, 0.4) is 0 Å². The fraction of sp³-hybridized carbons (Fsp3) is 0.316. The summed E-state index contributed by atoms with van der Waals surface area (Å²) in [5.74, 6) is -0.390. The van der Waals surface area contributed by atoms with Crippen LogP contribution in [-0.4, -0.2) is 39.4 Å². The molecule has 0 aliphatic rings. The third-order valence-corrected chi connectivity index (χ3v) is 4.00. The second kappa shape index (κ2) is 7.73. The van der Waals surface area contributed by atoms with Crippen molar-refractivity contribution in [3.8, 4) is 11.5 Å². The van der Waals surface area contributed by atoms with E-state index >= 15 is 0 Å². The lowest BCUT2D eigenvalue weighted by Gasteiger charge is -2.17. The normalized spacial score (nSPS) is 11.7. The number of methoxy groups -OCH3 is 2. The minimum atomic E-state index is -0.862. The monoisotopic (exact) mass is 329 g/mol. The number of benzene rings is 2. The first-order valence-electron chi connectivity index (χ1n) is 7.67. The van der Waals surface area contributed by atoms with E-state index in [2.05, 4.69) is 0 Å². The molecule has 1 atom stereocenters. The summed E-state index contributed by atoms with van der Waals surface area (Å²) < 4.78 is 10.5. The zero-order valence-corrected chi connectivity index (χ0v) is 14.4. The molecule has 0 radical (unpaired) electrons. The Hall–Kier alpha value is -2.69. The summed E-state index contributed by atoms with van der Waals surface area (Å²) >= 11 is 0. The van der Waals surface area contributed by atoms with Gasteiger partial charge in [0.2, 0.25) is 0 Å². The molecule has 2 aromatic carbocycles. The van der Waals surface area contributed by atoms with E-state index in [1.807, 2.05) is 43.3 Å². The van der Waals surface area contributed by atoms with Gasteiger partial charge in [0, 0.05) is 19.8 Å². The van der Waals surface area contributed by atoms with Crippen LogP contribution in [0.2, 0.25) is 0 Å². The van der Waals surface area contributed by atoms with E-state index in [0.717, 1.165) is 11.3 Å². The fourth-order valence-corrected chi connectivity index (χ4v) is 2.58. The van der Waals surface area contributed by atoms with Crippen molar-refractivity contribution in [1.29, 1.82) is 0 Å². The summed E-state index contributed by atoms with van der Waals surface area (Å²) in [6, 6.07) is 13.1. The molecule has 0 heterocycles. The summed E-state index contributed by atoms with van der Waals surface area (Å²) in [6.45, 7) is 0. The Balaban J connectivity index is 2.28. The minimum Gasteiger partial charge on any atom is -0.493 e. The van der Waals surface area contributed by atoms with E-state index in [0.29, 0.717) is 23.5 Å². The SMILES string of the molecule is COc1ccc(C(Cc2ccc(N(C)C)cc2)C(=O)O)cc1OC. The molecule has 0 aliphatic heterocycles. The third-order valence-electron chi connectivity index (χ3n) is 4.00. The number of hydrogen-bond donors (Lipinski definition) is 1. The first-order valence-corrected chi connectivity index (χ1v) is 7.67. The third kappa shape index (κ3) is 3.98. The molecule has 0 spiro atoms. The van der Waals surface area contributed by atoms with Crippen LogP contribution in [-0.2, 0) is 11.2 Å². The highest BCUT2D eigenvalue weighted by Gasteiger charge is 2.22. The number of carboxylic acid groups (broad SMARTS) is 1. The van der Waals surface area contributed by atoms with E-state index in [1.165, 1.54) is 7.11 Å². The molecule has 5 nitrogen and oxygen atoms in total. The van der Waals surface area contributed by atoms with Crippen LogP contribution in [0.4, 0.5) is 5.69 Å². The van der Waals surface area contributed by atoms with Gasteiger partial charge in [-0.05, 0) is 41.8 Å². The number of carboxylic acids is 1. The highest BCUT2D eigenvalue weighted by atomic mass is 16.5. The second-order valence-corrected chi connectivity index (χ2v) is 5.77. The maximum atomic E-state index is 11.8. The Bertz CT molecular complexity index is 695. The summed E-state index contributed by atoms with van der Waals surface area (Å²) in [4.78, 5) is 13.8. The smallest absolute Gasteiger partial charge is 0.311 e. The van der Waals surface area contributed by atoms with E-state index in [-0.39, 0.29) is 0 Å². The van der Waals surface area contributed by atoms with Gasteiger partial charge in [-0.15, -0.1) is 0 Å². The molecule has 0 bridgehead atoms. The molecule has 128 valence electrons. The number of anilines is 1. The molecule has 0 saturated carbocycles. The molecule has 0 aromatic heterocycles. The summed E-state index contributed by atoms with van der Waals surface area (Å²) in [7, 11) is 7.03. The van der Waals surface area contributed by atoms with Gasteiger partial charge < -0.3 is 19.5 Å². The van der Waals surface area contributed by atoms with Crippen molar-refractivity contribution >= 4 is 11.7 Å². The van der Waals surface area contributed by atoms with Gasteiger partial charge in [0.1, 0.15) is 0 Å². The Morgan fingerprint density at radius 2 is 1.67 bits per heavy atom. The lowest BCUT2D eigenvalue weighted by Crippen LogP contribution is -2.15. The van der Waals surface area contributed by atoms with Crippen LogP contribution in [0.5, 0.6) is 11.5 Å². The van der Waals surface area contributed by atoms with Gasteiger partial charge in [0.15, 0.2) is 11.5 Å². The average Bonchev–Trinajstić information content (AvgIpc) is 2.59.